The first-order chi connectivity index (χ1) is 8.90. The van der Waals surface area contributed by atoms with Gasteiger partial charge in [0.05, 0.1) is 11.9 Å². The molecule has 0 aliphatic carbocycles. The molecule has 0 fully saturated rings. The normalized spacial score (nSPS) is 11.4. The Hall–Kier alpha value is -2.25. The fourth-order valence-corrected chi connectivity index (χ4v) is 1.40. The summed E-state index contributed by atoms with van der Waals surface area (Å²) in [7, 11) is 1.39. The molecule has 0 spiro atoms. The third-order valence-electron chi connectivity index (χ3n) is 2.24. The largest absolute Gasteiger partial charge is 0.433 e. The molecule has 0 aliphatic rings. The van der Waals surface area contributed by atoms with Crippen LogP contribution in [-0.4, -0.2) is 22.0 Å². The van der Waals surface area contributed by atoms with Crippen molar-refractivity contribution in [2.75, 3.05) is 12.4 Å². The molecule has 2 aromatic heterocycles. The number of hydrogen-bond acceptors (Lipinski definition) is 4. The molecule has 0 aromatic carbocycles. The summed E-state index contributed by atoms with van der Waals surface area (Å²) in [5.74, 6) is -0.857. The van der Waals surface area contributed by atoms with E-state index in [0.29, 0.717) is 0 Å². The summed E-state index contributed by atoms with van der Waals surface area (Å²) in [6.45, 7) is 0. The van der Waals surface area contributed by atoms with Gasteiger partial charge in [-0.1, -0.05) is 0 Å². The molecule has 0 aliphatic heterocycles. The van der Waals surface area contributed by atoms with Gasteiger partial charge in [-0.3, -0.25) is 4.98 Å². The lowest BCUT2D eigenvalue weighted by Crippen LogP contribution is -2.11. The quantitative estimate of drug-likeness (QED) is 0.854. The first kappa shape index (κ1) is 13.2. The zero-order chi connectivity index (χ0) is 14.0. The van der Waals surface area contributed by atoms with Crippen molar-refractivity contribution < 1.29 is 17.6 Å². The van der Waals surface area contributed by atoms with Gasteiger partial charge in [-0.05, 0) is 12.1 Å². The van der Waals surface area contributed by atoms with Gasteiger partial charge >= 0.3 is 6.18 Å². The minimum absolute atomic E-state index is 0.0568. The fourth-order valence-electron chi connectivity index (χ4n) is 1.40. The van der Waals surface area contributed by atoms with Crippen LogP contribution >= 0.6 is 0 Å². The second kappa shape index (κ2) is 4.79. The van der Waals surface area contributed by atoms with E-state index in [1.165, 1.54) is 13.2 Å². The summed E-state index contributed by atoms with van der Waals surface area (Å²) in [4.78, 5) is 10.7. The Bertz CT molecular complexity index is 597. The minimum atomic E-state index is -4.61. The van der Waals surface area contributed by atoms with Crippen LogP contribution in [-0.2, 0) is 6.18 Å². The van der Waals surface area contributed by atoms with E-state index in [-0.39, 0.29) is 17.2 Å². The molecule has 2 rings (SSSR count). The van der Waals surface area contributed by atoms with E-state index in [1.54, 1.807) is 0 Å². The van der Waals surface area contributed by atoms with Crippen molar-refractivity contribution in [2.45, 2.75) is 6.18 Å². The summed E-state index contributed by atoms with van der Waals surface area (Å²) in [6.07, 6.45) is -2.43. The molecule has 2 aromatic rings. The molecule has 2 heterocycles. The maximum Gasteiger partial charge on any atom is 0.433 e. The van der Waals surface area contributed by atoms with E-state index in [0.717, 1.165) is 18.3 Å². The number of nitrogens with one attached hydrogen (secondary N) is 1. The lowest BCUT2D eigenvalue weighted by Gasteiger charge is -2.10. The molecule has 0 unspecified atom stereocenters. The Labute approximate surface area is 105 Å². The zero-order valence-corrected chi connectivity index (χ0v) is 9.66. The van der Waals surface area contributed by atoms with Crippen LogP contribution in [0.25, 0.3) is 11.3 Å². The van der Waals surface area contributed by atoms with E-state index < -0.39 is 17.7 Å². The van der Waals surface area contributed by atoms with Crippen molar-refractivity contribution in [3.05, 3.63) is 36.0 Å². The van der Waals surface area contributed by atoms with Crippen molar-refractivity contribution in [3.8, 4) is 11.3 Å². The third kappa shape index (κ3) is 2.95. The lowest BCUT2D eigenvalue weighted by atomic mass is 10.2. The van der Waals surface area contributed by atoms with Gasteiger partial charge in [-0.25, -0.2) is 14.4 Å². The van der Waals surface area contributed by atoms with Crippen molar-refractivity contribution in [3.63, 3.8) is 0 Å². The molecule has 0 saturated heterocycles. The first-order valence-electron chi connectivity index (χ1n) is 5.15. The second-order valence-electron chi connectivity index (χ2n) is 3.60. The van der Waals surface area contributed by atoms with Crippen molar-refractivity contribution in [2.24, 2.45) is 0 Å². The molecule has 0 radical (unpaired) electrons. The summed E-state index contributed by atoms with van der Waals surface area (Å²) >= 11 is 0. The predicted octanol–water partition coefficient (Wildman–Crippen LogP) is 2.74. The monoisotopic (exact) mass is 272 g/mol. The van der Waals surface area contributed by atoms with Gasteiger partial charge in [0.2, 0.25) is 5.95 Å². The molecule has 4 nitrogen and oxygen atoms in total. The Morgan fingerprint density at radius 2 is 1.84 bits per heavy atom. The van der Waals surface area contributed by atoms with Gasteiger partial charge < -0.3 is 5.32 Å². The molecule has 8 heteroatoms. The standard InChI is InChI=1S/C11H8F4N4/c1-16-10-18-8(3-9(19-10)11(13,14)15)6-2-7(12)5-17-4-6/h2-5H,1H3,(H,16,18,19). The summed E-state index contributed by atoms with van der Waals surface area (Å²) in [5, 5.41) is 2.43. The number of rotatable bonds is 2. The van der Waals surface area contributed by atoms with E-state index >= 15 is 0 Å². The van der Waals surface area contributed by atoms with Crippen LogP contribution in [0.3, 0.4) is 0 Å². The average Bonchev–Trinajstić information content (AvgIpc) is 2.37. The number of aromatic nitrogens is 3. The number of halogens is 4. The van der Waals surface area contributed by atoms with Gasteiger partial charge in [0.1, 0.15) is 5.82 Å². The zero-order valence-electron chi connectivity index (χ0n) is 9.66. The van der Waals surface area contributed by atoms with E-state index in [1.807, 2.05) is 0 Å². The molecule has 0 bridgehead atoms. The fraction of sp³-hybridized carbons (Fsp3) is 0.182. The number of nitrogens with zero attached hydrogens (tertiary/aromatic N) is 3. The van der Waals surface area contributed by atoms with Gasteiger partial charge in [0, 0.05) is 18.8 Å². The van der Waals surface area contributed by atoms with Crippen molar-refractivity contribution in [1.29, 1.82) is 0 Å². The number of alkyl halides is 3. The molecular formula is C11H8F4N4. The predicted molar refractivity (Wildman–Crippen MR) is 59.8 cm³/mol. The van der Waals surface area contributed by atoms with E-state index in [4.69, 9.17) is 0 Å². The number of hydrogen-bond donors (Lipinski definition) is 1. The smallest absolute Gasteiger partial charge is 0.357 e. The number of pyridine rings is 1. The highest BCUT2D eigenvalue weighted by Gasteiger charge is 2.33. The molecule has 19 heavy (non-hydrogen) atoms. The Kier molecular flexibility index (Phi) is 3.32. The van der Waals surface area contributed by atoms with Crippen LogP contribution in [0.4, 0.5) is 23.5 Å². The summed E-state index contributed by atoms with van der Waals surface area (Å²) < 4.78 is 51.0. The van der Waals surface area contributed by atoms with E-state index in [2.05, 4.69) is 20.3 Å². The SMILES string of the molecule is CNc1nc(-c2cncc(F)c2)cc(C(F)(F)F)n1. The Morgan fingerprint density at radius 1 is 1.11 bits per heavy atom. The highest BCUT2D eigenvalue weighted by Crippen LogP contribution is 2.30. The molecular weight excluding hydrogens is 264 g/mol. The molecule has 0 saturated carbocycles. The summed E-state index contributed by atoms with van der Waals surface area (Å²) in [6, 6.07) is 1.80. The van der Waals surface area contributed by atoms with Crippen LogP contribution in [0.5, 0.6) is 0 Å². The molecule has 1 N–H and O–H groups in total. The lowest BCUT2D eigenvalue weighted by molar-refractivity contribution is -0.141. The van der Waals surface area contributed by atoms with Gasteiger partial charge in [-0.2, -0.15) is 13.2 Å². The maximum absolute atomic E-state index is 13.0. The Balaban J connectivity index is 2.57. The topological polar surface area (TPSA) is 50.7 Å². The van der Waals surface area contributed by atoms with Gasteiger partial charge in [-0.15, -0.1) is 0 Å². The molecule has 0 amide bonds. The molecule has 100 valence electrons. The van der Waals surface area contributed by atoms with Crippen LogP contribution in [0.2, 0.25) is 0 Å². The minimum Gasteiger partial charge on any atom is -0.357 e. The average molecular weight is 272 g/mol. The van der Waals surface area contributed by atoms with Gasteiger partial charge in [0.15, 0.2) is 5.69 Å². The number of anilines is 1. The van der Waals surface area contributed by atoms with Crippen molar-refractivity contribution >= 4 is 5.95 Å². The van der Waals surface area contributed by atoms with Crippen LogP contribution < -0.4 is 5.32 Å². The van der Waals surface area contributed by atoms with E-state index in [9.17, 15) is 17.6 Å². The third-order valence-corrected chi connectivity index (χ3v) is 2.24. The van der Waals surface area contributed by atoms with Crippen LogP contribution in [0, 0.1) is 5.82 Å². The first-order valence-corrected chi connectivity index (χ1v) is 5.15. The maximum atomic E-state index is 13.0. The Morgan fingerprint density at radius 3 is 2.42 bits per heavy atom. The van der Waals surface area contributed by atoms with Gasteiger partial charge in [0.25, 0.3) is 0 Å². The highest BCUT2D eigenvalue weighted by molar-refractivity contribution is 5.59. The van der Waals surface area contributed by atoms with Crippen molar-refractivity contribution in [1.82, 2.24) is 15.0 Å². The van der Waals surface area contributed by atoms with Crippen LogP contribution in [0.1, 0.15) is 5.69 Å². The summed E-state index contributed by atoms with van der Waals surface area (Å²) in [5.41, 5.74) is -1.02. The second-order valence-corrected chi connectivity index (χ2v) is 3.60. The van der Waals surface area contributed by atoms with Crippen LogP contribution in [0.15, 0.2) is 24.5 Å². The molecule has 0 atom stereocenters. The highest BCUT2D eigenvalue weighted by atomic mass is 19.4.